The van der Waals surface area contributed by atoms with Gasteiger partial charge < -0.3 is 19.2 Å². The molecule has 0 amide bonds. The molecule has 7 nitrogen and oxygen atoms in total. The van der Waals surface area contributed by atoms with Crippen LogP contribution in [0.2, 0.25) is 5.02 Å². The Bertz CT molecular complexity index is 1130. The number of hydrazine groups is 1. The molecule has 2 aliphatic rings. The summed E-state index contributed by atoms with van der Waals surface area (Å²) in [5.74, 6) is 1.19. The van der Waals surface area contributed by atoms with Gasteiger partial charge in [-0.25, -0.2) is 5.01 Å². The maximum absolute atomic E-state index is 12.2. The molecule has 194 valence electrons. The average Bonchev–Trinajstić information content (AvgIpc) is 3.19. The summed E-state index contributed by atoms with van der Waals surface area (Å²) in [6.07, 6.45) is 4.20. The monoisotopic (exact) mass is 513 g/mol. The summed E-state index contributed by atoms with van der Waals surface area (Å²) in [6.45, 7) is 12.1. The van der Waals surface area contributed by atoms with E-state index >= 15 is 0 Å². The largest absolute Gasteiger partial charge is 0.489 e. The topological polar surface area (TPSA) is 63.3 Å². The first-order chi connectivity index (χ1) is 17.1. The van der Waals surface area contributed by atoms with Gasteiger partial charge in [-0.2, -0.15) is 0 Å². The summed E-state index contributed by atoms with van der Waals surface area (Å²) < 4.78 is 11.2. The molecule has 1 N–H and O–H groups in total. The van der Waals surface area contributed by atoms with Crippen molar-refractivity contribution < 1.29 is 19.1 Å². The Labute approximate surface area is 218 Å². The molecule has 36 heavy (non-hydrogen) atoms. The van der Waals surface area contributed by atoms with Crippen molar-refractivity contribution >= 4 is 29.0 Å². The van der Waals surface area contributed by atoms with Gasteiger partial charge in [-0.05, 0) is 82.9 Å². The summed E-state index contributed by atoms with van der Waals surface area (Å²) >= 11 is 6.43. The second-order valence-electron chi connectivity index (χ2n) is 10.5. The molecule has 0 fully saturated rings. The first kappa shape index (κ1) is 26.3. The zero-order valence-electron chi connectivity index (χ0n) is 21.8. The van der Waals surface area contributed by atoms with E-state index in [1.165, 1.54) is 11.1 Å². The lowest BCUT2D eigenvalue weighted by Gasteiger charge is -2.22. The number of ether oxygens (including phenoxy) is 2. The predicted octanol–water partition coefficient (Wildman–Crippen LogP) is 5.51. The molecule has 2 aliphatic heterocycles. The van der Waals surface area contributed by atoms with E-state index in [4.69, 9.17) is 25.9 Å². The lowest BCUT2D eigenvalue weighted by atomic mass is 10.0. The third kappa shape index (κ3) is 6.72. The third-order valence-electron chi connectivity index (χ3n) is 6.01. The molecule has 4 rings (SSSR count). The highest BCUT2D eigenvalue weighted by molar-refractivity contribution is 6.32. The van der Waals surface area contributed by atoms with Gasteiger partial charge in [0.2, 0.25) is 0 Å². The zero-order chi connectivity index (χ0) is 25.9. The van der Waals surface area contributed by atoms with Crippen LogP contribution in [0.4, 0.5) is 5.69 Å². The molecule has 2 heterocycles. The molecular formula is C28H36ClN3O4. The number of carbonyl (C=O) groups is 1. The van der Waals surface area contributed by atoms with Crippen molar-refractivity contribution in [3.63, 3.8) is 0 Å². The molecule has 0 saturated heterocycles. The number of anilines is 1. The van der Waals surface area contributed by atoms with E-state index < -0.39 is 5.60 Å². The highest BCUT2D eigenvalue weighted by atomic mass is 35.5. The van der Waals surface area contributed by atoms with Crippen molar-refractivity contribution in [1.82, 2.24) is 10.5 Å². The van der Waals surface area contributed by atoms with Gasteiger partial charge in [0.15, 0.2) is 5.76 Å². The Balaban J connectivity index is 1.44. The number of rotatable bonds is 7. The standard InChI is InChI=1S/C28H36ClN3O4/c1-19(2)34-25-10-9-21(17-23(25)29)26-18-32(30-36-26)24-8-6-7-20-11-14-31(15-12-22(20)24)16-13-27(33)35-28(3,4)5/h6-10,17-19,30H,11-16H2,1-5H3. The van der Waals surface area contributed by atoms with E-state index in [1.54, 1.807) is 0 Å². The van der Waals surface area contributed by atoms with Crippen LogP contribution in [0.15, 0.2) is 42.6 Å². The number of halogens is 1. The van der Waals surface area contributed by atoms with Crippen LogP contribution in [0.25, 0.3) is 5.76 Å². The van der Waals surface area contributed by atoms with Crippen molar-refractivity contribution in [1.29, 1.82) is 0 Å². The smallest absolute Gasteiger partial charge is 0.307 e. The molecule has 0 bridgehead atoms. The van der Waals surface area contributed by atoms with Crippen molar-refractivity contribution in [2.75, 3.05) is 24.6 Å². The number of nitrogens with one attached hydrogen (secondary N) is 1. The van der Waals surface area contributed by atoms with Gasteiger partial charge in [0.25, 0.3) is 0 Å². The van der Waals surface area contributed by atoms with Gasteiger partial charge in [-0.3, -0.25) is 4.79 Å². The van der Waals surface area contributed by atoms with Crippen LogP contribution in [0.1, 0.15) is 57.7 Å². The Kier molecular flexibility index (Phi) is 8.13. The van der Waals surface area contributed by atoms with E-state index in [2.05, 4.69) is 28.7 Å². The minimum Gasteiger partial charge on any atom is -0.489 e. The van der Waals surface area contributed by atoms with Gasteiger partial charge in [0, 0.05) is 25.2 Å². The van der Waals surface area contributed by atoms with E-state index in [1.807, 2.05) is 64.0 Å². The van der Waals surface area contributed by atoms with Crippen LogP contribution in [0.3, 0.4) is 0 Å². The zero-order valence-corrected chi connectivity index (χ0v) is 22.5. The second-order valence-corrected chi connectivity index (χ2v) is 10.9. The van der Waals surface area contributed by atoms with Gasteiger partial charge in [-0.15, -0.1) is 0 Å². The second kappa shape index (κ2) is 11.1. The number of nitrogens with zero attached hydrogens (tertiary/aromatic N) is 2. The van der Waals surface area contributed by atoms with Crippen LogP contribution in [0.5, 0.6) is 5.75 Å². The van der Waals surface area contributed by atoms with E-state index in [9.17, 15) is 4.79 Å². The molecule has 0 radical (unpaired) electrons. The number of benzene rings is 2. The van der Waals surface area contributed by atoms with Crippen LogP contribution >= 0.6 is 11.6 Å². The highest BCUT2D eigenvalue weighted by Gasteiger charge is 2.24. The molecule has 0 aliphatic carbocycles. The number of hydrogen-bond acceptors (Lipinski definition) is 7. The van der Waals surface area contributed by atoms with Crippen LogP contribution in [0, 0.1) is 0 Å². The Morgan fingerprint density at radius 2 is 1.94 bits per heavy atom. The third-order valence-corrected chi connectivity index (χ3v) is 6.31. The van der Waals surface area contributed by atoms with Crippen molar-refractivity contribution in [3.8, 4) is 5.75 Å². The SMILES string of the molecule is CC(C)Oc1ccc(C2=CN(c3cccc4c3CCN(CCC(=O)OC(C)(C)C)CC4)NO2)cc1Cl. The van der Waals surface area contributed by atoms with Crippen LogP contribution < -0.4 is 15.3 Å². The van der Waals surface area contributed by atoms with E-state index in [0.29, 0.717) is 29.5 Å². The minimum atomic E-state index is -0.451. The maximum atomic E-state index is 12.2. The lowest BCUT2D eigenvalue weighted by Crippen LogP contribution is -2.31. The van der Waals surface area contributed by atoms with Crippen LogP contribution in [-0.4, -0.2) is 42.2 Å². The summed E-state index contributed by atoms with van der Waals surface area (Å²) in [5, 5.41) is 2.46. The molecule has 0 spiro atoms. The fourth-order valence-corrected chi connectivity index (χ4v) is 4.64. The van der Waals surface area contributed by atoms with E-state index in [-0.39, 0.29) is 12.1 Å². The fraction of sp³-hybridized carbons (Fsp3) is 0.464. The summed E-state index contributed by atoms with van der Waals surface area (Å²) in [4.78, 5) is 20.3. The molecule has 0 unspecified atom stereocenters. The number of fused-ring (bicyclic) bond motifs is 1. The molecule has 0 atom stereocenters. The van der Waals surface area contributed by atoms with Gasteiger partial charge in [0.05, 0.1) is 29.4 Å². The summed E-state index contributed by atoms with van der Waals surface area (Å²) in [6, 6.07) is 12.0. The number of esters is 1. The molecular weight excluding hydrogens is 478 g/mol. The van der Waals surface area contributed by atoms with Crippen molar-refractivity contribution in [3.05, 3.63) is 64.3 Å². The first-order valence-corrected chi connectivity index (χ1v) is 12.9. The normalized spacial score (nSPS) is 16.3. The first-order valence-electron chi connectivity index (χ1n) is 12.5. The molecule has 8 heteroatoms. The summed E-state index contributed by atoms with van der Waals surface area (Å²) in [5.41, 5.74) is 7.09. The Hall–Kier alpha value is -2.74. The molecule has 2 aromatic rings. The highest BCUT2D eigenvalue weighted by Crippen LogP contribution is 2.33. The average molecular weight is 514 g/mol. The number of carbonyl (C=O) groups excluding carboxylic acids is 1. The van der Waals surface area contributed by atoms with Gasteiger partial charge in [-0.1, -0.05) is 29.3 Å². The Morgan fingerprint density at radius 3 is 2.67 bits per heavy atom. The lowest BCUT2D eigenvalue weighted by molar-refractivity contribution is -0.155. The van der Waals surface area contributed by atoms with Crippen molar-refractivity contribution in [2.45, 2.75) is 65.6 Å². The Morgan fingerprint density at radius 1 is 1.17 bits per heavy atom. The van der Waals surface area contributed by atoms with Crippen molar-refractivity contribution in [2.24, 2.45) is 0 Å². The van der Waals surface area contributed by atoms with Gasteiger partial charge in [0.1, 0.15) is 11.4 Å². The molecule has 0 saturated carbocycles. The maximum Gasteiger partial charge on any atom is 0.307 e. The minimum absolute atomic E-state index is 0.0500. The predicted molar refractivity (Wildman–Crippen MR) is 143 cm³/mol. The molecule has 0 aromatic heterocycles. The van der Waals surface area contributed by atoms with Crippen LogP contribution in [-0.2, 0) is 27.2 Å². The fourth-order valence-electron chi connectivity index (χ4n) is 4.42. The number of hydrogen-bond donors (Lipinski definition) is 1. The molecule has 2 aromatic carbocycles. The quantitative estimate of drug-likeness (QED) is 0.489. The van der Waals surface area contributed by atoms with E-state index in [0.717, 1.165) is 37.2 Å². The summed E-state index contributed by atoms with van der Waals surface area (Å²) in [7, 11) is 0. The van der Waals surface area contributed by atoms with Gasteiger partial charge >= 0.3 is 5.97 Å².